The lowest BCUT2D eigenvalue weighted by Gasteiger charge is -2.34. The topological polar surface area (TPSA) is 47.6 Å². The van der Waals surface area contributed by atoms with Gasteiger partial charge in [0.05, 0.1) is 12.7 Å². The maximum absolute atomic E-state index is 12.4. The molecular formula is C15H27NO3. The van der Waals surface area contributed by atoms with Crippen molar-refractivity contribution >= 4 is 5.97 Å². The van der Waals surface area contributed by atoms with E-state index in [1.54, 1.807) is 0 Å². The summed E-state index contributed by atoms with van der Waals surface area (Å²) >= 11 is 0. The molecule has 110 valence electrons. The van der Waals surface area contributed by atoms with E-state index < -0.39 is 5.54 Å². The van der Waals surface area contributed by atoms with Crippen LogP contribution in [-0.2, 0) is 14.3 Å². The second-order valence-corrected chi connectivity index (χ2v) is 5.79. The zero-order valence-electron chi connectivity index (χ0n) is 12.2. The third-order valence-corrected chi connectivity index (χ3v) is 4.51. The van der Waals surface area contributed by atoms with E-state index in [1.807, 2.05) is 13.8 Å². The third kappa shape index (κ3) is 3.29. The number of ether oxygens (including phenoxy) is 2. The van der Waals surface area contributed by atoms with Crippen molar-refractivity contribution in [2.24, 2.45) is 0 Å². The van der Waals surface area contributed by atoms with Crippen molar-refractivity contribution in [2.75, 3.05) is 13.2 Å². The maximum atomic E-state index is 12.4. The molecule has 1 heterocycles. The molecule has 2 fully saturated rings. The third-order valence-electron chi connectivity index (χ3n) is 4.51. The molecule has 0 radical (unpaired) electrons. The van der Waals surface area contributed by atoms with Crippen molar-refractivity contribution in [1.29, 1.82) is 0 Å². The Kier molecular flexibility index (Phi) is 5.22. The summed E-state index contributed by atoms with van der Waals surface area (Å²) in [7, 11) is 0. The summed E-state index contributed by atoms with van der Waals surface area (Å²) in [6.45, 7) is 4.91. The average molecular weight is 269 g/mol. The van der Waals surface area contributed by atoms with Crippen molar-refractivity contribution < 1.29 is 14.3 Å². The second-order valence-electron chi connectivity index (χ2n) is 5.79. The molecule has 19 heavy (non-hydrogen) atoms. The van der Waals surface area contributed by atoms with Gasteiger partial charge >= 0.3 is 5.97 Å². The van der Waals surface area contributed by atoms with Gasteiger partial charge in [0, 0.05) is 19.1 Å². The summed E-state index contributed by atoms with van der Waals surface area (Å²) in [6.07, 6.45) is 8.09. The first-order chi connectivity index (χ1) is 9.19. The van der Waals surface area contributed by atoms with Crippen LogP contribution >= 0.6 is 0 Å². The minimum absolute atomic E-state index is 0.102. The summed E-state index contributed by atoms with van der Waals surface area (Å²) in [6, 6.07) is 0.427. The lowest BCUT2D eigenvalue weighted by Crippen LogP contribution is -2.60. The SMILES string of the molecule is CCOC(=O)C1(NC2CCCCCC2)CCOC1C. The van der Waals surface area contributed by atoms with Crippen LogP contribution in [0.15, 0.2) is 0 Å². The monoisotopic (exact) mass is 269 g/mol. The minimum atomic E-state index is -0.620. The van der Waals surface area contributed by atoms with E-state index in [0.29, 0.717) is 19.3 Å². The predicted octanol–water partition coefficient (Wildman–Crippen LogP) is 2.41. The molecule has 1 saturated carbocycles. The van der Waals surface area contributed by atoms with Gasteiger partial charge in [-0.05, 0) is 26.7 Å². The molecule has 1 saturated heterocycles. The Morgan fingerprint density at radius 2 is 2.00 bits per heavy atom. The zero-order chi connectivity index (χ0) is 13.7. The summed E-state index contributed by atoms with van der Waals surface area (Å²) in [5.41, 5.74) is -0.620. The molecule has 0 aromatic rings. The summed E-state index contributed by atoms with van der Waals surface area (Å²) in [5.74, 6) is -0.135. The molecule has 2 atom stereocenters. The van der Waals surface area contributed by atoms with Crippen LogP contribution in [0.25, 0.3) is 0 Å². The normalized spacial score (nSPS) is 33.1. The Morgan fingerprint density at radius 1 is 1.32 bits per heavy atom. The molecule has 2 rings (SSSR count). The van der Waals surface area contributed by atoms with Crippen LogP contribution in [0.1, 0.15) is 58.8 Å². The van der Waals surface area contributed by atoms with Gasteiger partial charge in [-0.3, -0.25) is 5.32 Å². The fourth-order valence-electron chi connectivity index (χ4n) is 3.31. The van der Waals surface area contributed by atoms with Crippen LogP contribution < -0.4 is 5.32 Å². The van der Waals surface area contributed by atoms with Gasteiger partial charge in [-0.25, -0.2) is 4.79 Å². The van der Waals surface area contributed by atoms with E-state index in [9.17, 15) is 4.79 Å². The first kappa shape index (κ1) is 14.8. The molecule has 0 bridgehead atoms. The number of esters is 1. The van der Waals surface area contributed by atoms with E-state index in [4.69, 9.17) is 9.47 Å². The highest BCUT2D eigenvalue weighted by Crippen LogP contribution is 2.30. The van der Waals surface area contributed by atoms with Gasteiger partial charge in [0.15, 0.2) is 0 Å². The van der Waals surface area contributed by atoms with Crippen LogP contribution in [0.2, 0.25) is 0 Å². The quantitative estimate of drug-likeness (QED) is 0.629. The minimum Gasteiger partial charge on any atom is -0.465 e. The molecule has 1 aliphatic carbocycles. The van der Waals surface area contributed by atoms with Crippen molar-refractivity contribution in [2.45, 2.75) is 76.5 Å². The summed E-state index contributed by atoms with van der Waals surface area (Å²) in [5, 5.41) is 3.61. The lowest BCUT2D eigenvalue weighted by molar-refractivity contribution is -0.154. The lowest BCUT2D eigenvalue weighted by atomic mass is 9.89. The highest BCUT2D eigenvalue weighted by atomic mass is 16.5. The van der Waals surface area contributed by atoms with Crippen molar-refractivity contribution in [3.8, 4) is 0 Å². The molecule has 2 unspecified atom stereocenters. The highest BCUT2D eigenvalue weighted by molar-refractivity contribution is 5.82. The van der Waals surface area contributed by atoms with E-state index in [0.717, 1.165) is 19.3 Å². The van der Waals surface area contributed by atoms with Gasteiger partial charge in [0.2, 0.25) is 0 Å². The van der Waals surface area contributed by atoms with E-state index >= 15 is 0 Å². The Labute approximate surface area is 116 Å². The number of nitrogens with one attached hydrogen (secondary N) is 1. The Balaban J connectivity index is 2.06. The first-order valence-corrected chi connectivity index (χ1v) is 7.75. The van der Waals surface area contributed by atoms with Crippen molar-refractivity contribution in [1.82, 2.24) is 5.32 Å². The summed E-state index contributed by atoms with van der Waals surface area (Å²) in [4.78, 5) is 12.4. The van der Waals surface area contributed by atoms with Crippen molar-refractivity contribution in [3.05, 3.63) is 0 Å². The zero-order valence-corrected chi connectivity index (χ0v) is 12.2. The molecule has 0 amide bonds. The first-order valence-electron chi connectivity index (χ1n) is 7.75. The molecule has 0 spiro atoms. The predicted molar refractivity (Wildman–Crippen MR) is 74.0 cm³/mol. The molecule has 4 heteroatoms. The smallest absolute Gasteiger partial charge is 0.329 e. The van der Waals surface area contributed by atoms with Crippen LogP contribution in [0.3, 0.4) is 0 Å². The number of carbonyl (C=O) groups excluding carboxylic acids is 1. The summed E-state index contributed by atoms with van der Waals surface area (Å²) < 4.78 is 10.9. The molecule has 0 aromatic heterocycles. The maximum Gasteiger partial charge on any atom is 0.329 e. The number of hydrogen-bond donors (Lipinski definition) is 1. The average Bonchev–Trinajstić information content (AvgIpc) is 2.62. The van der Waals surface area contributed by atoms with Crippen LogP contribution in [-0.4, -0.2) is 36.9 Å². The Morgan fingerprint density at radius 3 is 2.53 bits per heavy atom. The fraction of sp³-hybridized carbons (Fsp3) is 0.933. The van der Waals surface area contributed by atoms with Gasteiger partial charge in [-0.15, -0.1) is 0 Å². The molecular weight excluding hydrogens is 242 g/mol. The molecule has 4 nitrogen and oxygen atoms in total. The van der Waals surface area contributed by atoms with Gasteiger partial charge in [-0.1, -0.05) is 25.7 Å². The number of carbonyl (C=O) groups is 1. The van der Waals surface area contributed by atoms with E-state index in [1.165, 1.54) is 25.7 Å². The van der Waals surface area contributed by atoms with Gasteiger partial charge in [0.1, 0.15) is 5.54 Å². The van der Waals surface area contributed by atoms with E-state index in [-0.39, 0.29) is 12.1 Å². The highest BCUT2D eigenvalue weighted by Gasteiger charge is 2.50. The van der Waals surface area contributed by atoms with Gasteiger partial charge in [0.25, 0.3) is 0 Å². The molecule has 1 N–H and O–H groups in total. The van der Waals surface area contributed by atoms with Gasteiger partial charge < -0.3 is 9.47 Å². The fourth-order valence-corrected chi connectivity index (χ4v) is 3.31. The standard InChI is InChI=1S/C15H27NO3/c1-3-18-14(17)15(10-11-19-12(15)2)16-13-8-6-4-5-7-9-13/h12-13,16H,3-11H2,1-2H3. The van der Waals surface area contributed by atoms with Crippen LogP contribution in [0.5, 0.6) is 0 Å². The van der Waals surface area contributed by atoms with Gasteiger partial charge in [-0.2, -0.15) is 0 Å². The van der Waals surface area contributed by atoms with E-state index in [2.05, 4.69) is 5.32 Å². The number of hydrogen-bond acceptors (Lipinski definition) is 4. The van der Waals surface area contributed by atoms with Crippen LogP contribution in [0, 0.1) is 0 Å². The van der Waals surface area contributed by atoms with Crippen molar-refractivity contribution in [3.63, 3.8) is 0 Å². The largest absolute Gasteiger partial charge is 0.465 e. The molecule has 0 aromatic carbocycles. The molecule has 1 aliphatic heterocycles. The Hall–Kier alpha value is -0.610. The Bertz CT molecular complexity index is 300. The number of rotatable bonds is 4. The van der Waals surface area contributed by atoms with Crippen LogP contribution in [0.4, 0.5) is 0 Å². The second kappa shape index (κ2) is 6.71. The molecule has 2 aliphatic rings.